The molecule has 0 radical (unpaired) electrons. The van der Waals surface area contributed by atoms with Gasteiger partial charge in [0, 0.05) is 12.1 Å². The maximum absolute atomic E-state index is 13.2. The summed E-state index contributed by atoms with van der Waals surface area (Å²) < 4.78 is 44.3. The number of hydrogen-bond acceptors (Lipinski definition) is 4. The lowest BCUT2D eigenvalue weighted by molar-refractivity contribution is -0.138. The molecule has 0 spiro atoms. The standard InChI is InChI=1S/C20H17F3N2O2/c1-11-7-17-18(10-15(11)20(21,22)23)24-12(2)8-16(25-17)13-5-4-6-14(9-13)19(26)27-3/h4-7,9-10,24H,2,8H2,1,3H3. The highest BCUT2D eigenvalue weighted by Crippen LogP contribution is 2.40. The van der Waals surface area contributed by atoms with Gasteiger partial charge in [0.1, 0.15) is 0 Å². The van der Waals surface area contributed by atoms with Crippen LogP contribution >= 0.6 is 0 Å². The zero-order valence-corrected chi connectivity index (χ0v) is 14.8. The number of nitrogens with zero attached hydrogens (tertiary/aromatic N) is 1. The Hall–Kier alpha value is -3.09. The number of allylic oxidation sites excluding steroid dienone is 1. The highest BCUT2D eigenvalue weighted by atomic mass is 19.4. The molecule has 0 aromatic heterocycles. The third-order valence-electron chi connectivity index (χ3n) is 4.21. The second-order valence-corrected chi connectivity index (χ2v) is 6.22. The van der Waals surface area contributed by atoms with Crippen molar-refractivity contribution in [3.05, 3.63) is 70.9 Å². The van der Waals surface area contributed by atoms with E-state index in [9.17, 15) is 18.0 Å². The number of carbonyl (C=O) groups is 1. The molecule has 1 aliphatic rings. The second kappa shape index (κ2) is 6.90. The van der Waals surface area contributed by atoms with Crippen molar-refractivity contribution in [2.75, 3.05) is 12.4 Å². The summed E-state index contributed by atoms with van der Waals surface area (Å²) in [4.78, 5) is 16.3. The van der Waals surface area contributed by atoms with Gasteiger partial charge in [-0.25, -0.2) is 4.79 Å². The molecular weight excluding hydrogens is 357 g/mol. The number of alkyl halides is 3. The molecule has 1 heterocycles. The van der Waals surface area contributed by atoms with Crippen LogP contribution in [0.3, 0.4) is 0 Å². The molecule has 140 valence electrons. The van der Waals surface area contributed by atoms with E-state index in [0.717, 1.165) is 6.07 Å². The molecule has 0 atom stereocenters. The van der Waals surface area contributed by atoms with Gasteiger partial charge >= 0.3 is 12.1 Å². The monoisotopic (exact) mass is 374 g/mol. The fourth-order valence-corrected chi connectivity index (χ4v) is 2.92. The van der Waals surface area contributed by atoms with Crippen LogP contribution in [0.1, 0.15) is 33.5 Å². The average Bonchev–Trinajstić information content (AvgIpc) is 2.77. The Morgan fingerprint density at radius 3 is 2.67 bits per heavy atom. The fourth-order valence-electron chi connectivity index (χ4n) is 2.92. The number of rotatable bonds is 2. The van der Waals surface area contributed by atoms with Gasteiger partial charge in [0.25, 0.3) is 0 Å². The number of methoxy groups -OCH3 is 1. The van der Waals surface area contributed by atoms with Crippen molar-refractivity contribution >= 4 is 23.1 Å². The van der Waals surface area contributed by atoms with Gasteiger partial charge in [-0.1, -0.05) is 18.7 Å². The van der Waals surface area contributed by atoms with Crippen molar-refractivity contribution in [1.29, 1.82) is 0 Å². The first-order valence-corrected chi connectivity index (χ1v) is 8.12. The van der Waals surface area contributed by atoms with E-state index in [1.807, 2.05) is 0 Å². The van der Waals surface area contributed by atoms with Gasteiger partial charge in [0.2, 0.25) is 0 Å². The third-order valence-corrected chi connectivity index (χ3v) is 4.21. The van der Waals surface area contributed by atoms with E-state index in [1.165, 1.54) is 20.1 Å². The quantitative estimate of drug-likeness (QED) is 0.731. The molecular formula is C20H17F3N2O2. The van der Waals surface area contributed by atoms with Gasteiger partial charge in [-0.05, 0) is 42.3 Å². The normalized spacial score (nSPS) is 14.0. The SMILES string of the molecule is C=C1CC(c2cccc(C(=O)OC)c2)=Nc2cc(C)c(C(F)(F)F)cc2N1. The molecule has 0 saturated carbocycles. The van der Waals surface area contributed by atoms with Crippen LogP contribution in [0.4, 0.5) is 24.5 Å². The van der Waals surface area contributed by atoms with Crippen molar-refractivity contribution in [1.82, 2.24) is 0 Å². The molecule has 7 heteroatoms. The van der Waals surface area contributed by atoms with E-state index in [2.05, 4.69) is 16.9 Å². The summed E-state index contributed by atoms with van der Waals surface area (Å²) in [5.41, 5.74) is 2.14. The lowest BCUT2D eigenvalue weighted by Crippen LogP contribution is -2.09. The Bertz CT molecular complexity index is 962. The minimum atomic E-state index is -4.45. The molecule has 0 unspecified atom stereocenters. The molecule has 2 aromatic rings. The highest BCUT2D eigenvalue weighted by molar-refractivity contribution is 6.06. The summed E-state index contributed by atoms with van der Waals surface area (Å²) >= 11 is 0. The first-order valence-electron chi connectivity index (χ1n) is 8.12. The summed E-state index contributed by atoms with van der Waals surface area (Å²) in [6, 6.07) is 9.18. The number of aryl methyl sites for hydroxylation is 1. The van der Waals surface area contributed by atoms with Crippen molar-refractivity contribution < 1.29 is 22.7 Å². The Morgan fingerprint density at radius 1 is 1.26 bits per heavy atom. The van der Waals surface area contributed by atoms with Crippen molar-refractivity contribution in [2.45, 2.75) is 19.5 Å². The fraction of sp³-hybridized carbons (Fsp3) is 0.200. The van der Waals surface area contributed by atoms with E-state index < -0.39 is 17.7 Å². The van der Waals surface area contributed by atoms with Crippen LogP contribution in [0.5, 0.6) is 0 Å². The zero-order chi connectivity index (χ0) is 19.8. The number of halogens is 3. The van der Waals surface area contributed by atoms with E-state index in [1.54, 1.807) is 24.3 Å². The number of esters is 1. The predicted octanol–water partition coefficient (Wildman–Crippen LogP) is 5.25. The van der Waals surface area contributed by atoms with Crippen LogP contribution in [0.15, 0.2) is 53.7 Å². The summed E-state index contributed by atoms with van der Waals surface area (Å²) in [7, 11) is 1.29. The number of anilines is 1. The molecule has 0 bridgehead atoms. The molecule has 0 fully saturated rings. The first-order chi connectivity index (χ1) is 12.7. The van der Waals surface area contributed by atoms with Crippen molar-refractivity contribution in [2.24, 2.45) is 4.99 Å². The van der Waals surface area contributed by atoms with Crippen LogP contribution in [0, 0.1) is 6.92 Å². The molecule has 4 nitrogen and oxygen atoms in total. The number of aliphatic imine (C=N–C) groups is 1. The topological polar surface area (TPSA) is 50.7 Å². The summed E-state index contributed by atoms with van der Waals surface area (Å²) in [5, 5.41) is 2.91. The van der Waals surface area contributed by atoms with Crippen LogP contribution in [-0.2, 0) is 10.9 Å². The van der Waals surface area contributed by atoms with Gasteiger partial charge in [0.05, 0.1) is 35.3 Å². The van der Waals surface area contributed by atoms with Crippen LogP contribution in [0.25, 0.3) is 0 Å². The van der Waals surface area contributed by atoms with Gasteiger partial charge in [-0.3, -0.25) is 4.99 Å². The molecule has 2 aromatic carbocycles. The predicted molar refractivity (Wildman–Crippen MR) is 97.5 cm³/mol. The van der Waals surface area contributed by atoms with Gasteiger partial charge in [0.15, 0.2) is 0 Å². The number of hydrogen-bond donors (Lipinski definition) is 1. The maximum Gasteiger partial charge on any atom is 0.416 e. The van der Waals surface area contributed by atoms with Crippen molar-refractivity contribution in [3.63, 3.8) is 0 Å². The van der Waals surface area contributed by atoms with E-state index in [0.29, 0.717) is 34.6 Å². The molecule has 1 N–H and O–H groups in total. The van der Waals surface area contributed by atoms with Crippen LogP contribution in [-0.4, -0.2) is 18.8 Å². The summed E-state index contributed by atoms with van der Waals surface area (Å²) in [5.74, 6) is -0.478. The smallest absolute Gasteiger partial charge is 0.416 e. The Balaban J connectivity index is 2.11. The maximum atomic E-state index is 13.2. The molecule has 0 aliphatic carbocycles. The number of fused-ring (bicyclic) bond motifs is 1. The first kappa shape index (κ1) is 18.7. The Morgan fingerprint density at radius 2 is 2.00 bits per heavy atom. The van der Waals surface area contributed by atoms with E-state index in [4.69, 9.17) is 4.74 Å². The van der Waals surface area contributed by atoms with Gasteiger partial charge in [-0.15, -0.1) is 0 Å². The molecule has 0 amide bonds. The van der Waals surface area contributed by atoms with Crippen LogP contribution < -0.4 is 5.32 Å². The largest absolute Gasteiger partial charge is 0.465 e. The minimum absolute atomic E-state index is 0.0852. The molecule has 27 heavy (non-hydrogen) atoms. The number of benzene rings is 2. The Labute approximate surface area is 154 Å². The van der Waals surface area contributed by atoms with E-state index >= 15 is 0 Å². The van der Waals surface area contributed by atoms with E-state index in [-0.39, 0.29) is 11.3 Å². The molecule has 1 aliphatic heterocycles. The number of ether oxygens (including phenoxy) is 1. The van der Waals surface area contributed by atoms with Crippen molar-refractivity contribution in [3.8, 4) is 0 Å². The zero-order valence-electron chi connectivity index (χ0n) is 14.8. The average molecular weight is 374 g/mol. The summed E-state index contributed by atoms with van der Waals surface area (Å²) in [6.07, 6.45) is -4.14. The Kier molecular flexibility index (Phi) is 4.78. The van der Waals surface area contributed by atoms with Gasteiger partial charge < -0.3 is 10.1 Å². The molecule has 3 rings (SSSR count). The molecule has 0 saturated heterocycles. The highest BCUT2D eigenvalue weighted by Gasteiger charge is 2.33. The van der Waals surface area contributed by atoms with Gasteiger partial charge in [-0.2, -0.15) is 13.2 Å². The lowest BCUT2D eigenvalue weighted by Gasteiger charge is -2.14. The minimum Gasteiger partial charge on any atom is -0.465 e. The number of carbonyl (C=O) groups excluding carboxylic acids is 1. The second-order valence-electron chi connectivity index (χ2n) is 6.22. The lowest BCUT2D eigenvalue weighted by atomic mass is 10.0. The number of nitrogens with one attached hydrogen (secondary N) is 1. The summed E-state index contributed by atoms with van der Waals surface area (Å²) in [6.45, 7) is 5.27. The van der Waals surface area contributed by atoms with Crippen LogP contribution in [0.2, 0.25) is 0 Å². The third kappa shape index (κ3) is 3.86.